The summed E-state index contributed by atoms with van der Waals surface area (Å²) in [7, 11) is 0. The Kier molecular flexibility index (Phi) is 4.15. The molecule has 3 heteroatoms. The van der Waals surface area contributed by atoms with Crippen LogP contribution in [0.2, 0.25) is 0 Å². The second-order valence-electron chi connectivity index (χ2n) is 4.86. The van der Waals surface area contributed by atoms with E-state index < -0.39 is 11.6 Å². The molecule has 0 fully saturated rings. The van der Waals surface area contributed by atoms with Gasteiger partial charge in [0, 0.05) is 0 Å². The van der Waals surface area contributed by atoms with Gasteiger partial charge in [0.1, 0.15) is 24.0 Å². The van der Waals surface area contributed by atoms with Gasteiger partial charge in [0.2, 0.25) is 0 Å². The van der Waals surface area contributed by atoms with Gasteiger partial charge in [0.05, 0.1) is 6.07 Å². The van der Waals surface area contributed by atoms with Gasteiger partial charge >= 0.3 is 0 Å². The summed E-state index contributed by atoms with van der Waals surface area (Å²) >= 11 is 0. The fraction of sp³-hybridized carbons (Fsp3) is 0.0526. The van der Waals surface area contributed by atoms with E-state index in [1.165, 1.54) is 12.1 Å². The van der Waals surface area contributed by atoms with Gasteiger partial charge in [-0.2, -0.15) is 0 Å². The summed E-state index contributed by atoms with van der Waals surface area (Å²) < 4.78 is 32.0. The molecule has 1 nitrogen and oxygen atoms in total. The lowest BCUT2D eigenvalue weighted by Gasteiger charge is -2.08. The summed E-state index contributed by atoms with van der Waals surface area (Å²) in [5, 5.41) is 0. The summed E-state index contributed by atoms with van der Waals surface area (Å²) in [6, 6.07) is 21.4. The molecule has 0 N–H and O–H groups in total. The SMILES string of the molecule is Fc1[c]c(F)cc(-c2ccc(OCc3ccccc3)cc2)c1. The normalized spacial score (nSPS) is 10.5. The number of benzene rings is 3. The summed E-state index contributed by atoms with van der Waals surface area (Å²) in [6.45, 7) is 0.476. The maximum Gasteiger partial charge on any atom is 0.134 e. The fourth-order valence-corrected chi connectivity index (χ4v) is 2.15. The Labute approximate surface area is 127 Å². The van der Waals surface area contributed by atoms with Gasteiger partial charge in [0.15, 0.2) is 0 Å². The topological polar surface area (TPSA) is 9.23 Å². The summed E-state index contributed by atoms with van der Waals surface area (Å²) in [5.74, 6) is -0.713. The van der Waals surface area contributed by atoms with Crippen LogP contribution < -0.4 is 4.74 Å². The smallest absolute Gasteiger partial charge is 0.134 e. The molecule has 0 aliphatic heterocycles. The first kappa shape index (κ1) is 14.3. The highest BCUT2D eigenvalue weighted by Crippen LogP contribution is 2.24. The van der Waals surface area contributed by atoms with E-state index in [1.807, 2.05) is 36.4 Å². The van der Waals surface area contributed by atoms with Crippen LogP contribution in [0.15, 0.2) is 66.7 Å². The van der Waals surface area contributed by atoms with E-state index in [-0.39, 0.29) is 0 Å². The number of halogens is 2. The molecule has 0 heterocycles. The fourth-order valence-electron chi connectivity index (χ4n) is 2.15. The van der Waals surface area contributed by atoms with Crippen molar-refractivity contribution < 1.29 is 13.5 Å². The minimum atomic E-state index is -0.709. The molecule has 0 atom stereocenters. The van der Waals surface area contributed by atoms with Crippen molar-refractivity contribution in [1.29, 1.82) is 0 Å². The molecule has 0 aromatic heterocycles. The third kappa shape index (κ3) is 3.50. The van der Waals surface area contributed by atoms with Crippen molar-refractivity contribution in [3.8, 4) is 16.9 Å². The van der Waals surface area contributed by atoms with Crippen molar-refractivity contribution in [2.24, 2.45) is 0 Å². The first-order valence-electron chi connectivity index (χ1n) is 6.86. The Bertz CT molecular complexity index is 732. The third-order valence-electron chi connectivity index (χ3n) is 3.24. The van der Waals surface area contributed by atoms with Crippen LogP contribution in [-0.2, 0) is 6.61 Å². The van der Waals surface area contributed by atoms with Crippen molar-refractivity contribution in [2.75, 3.05) is 0 Å². The first-order chi connectivity index (χ1) is 10.7. The predicted molar refractivity (Wildman–Crippen MR) is 81.4 cm³/mol. The molecular weight excluding hydrogens is 282 g/mol. The van der Waals surface area contributed by atoms with E-state index in [4.69, 9.17) is 4.74 Å². The monoisotopic (exact) mass is 295 g/mol. The maximum absolute atomic E-state index is 13.2. The van der Waals surface area contributed by atoms with Crippen LogP contribution in [0, 0.1) is 17.7 Å². The second kappa shape index (κ2) is 6.39. The van der Waals surface area contributed by atoms with Crippen LogP contribution in [0.1, 0.15) is 5.56 Å². The highest BCUT2D eigenvalue weighted by atomic mass is 19.1. The van der Waals surface area contributed by atoms with E-state index in [2.05, 4.69) is 0 Å². The molecule has 0 spiro atoms. The van der Waals surface area contributed by atoms with Crippen molar-refractivity contribution >= 4 is 0 Å². The van der Waals surface area contributed by atoms with E-state index in [9.17, 15) is 8.78 Å². The van der Waals surface area contributed by atoms with E-state index in [0.717, 1.165) is 11.1 Å². The molecule has 3 aromatic rings. The van der Waals surface area contributed by atoms with Crippen LogP contribution >= 0.6 is 0 Å². The zero-order chi connectivity index (χ0) is 15.4. The highest BCUT2D eigenvalue weighted by Gasteiger charge is 2.04. The largest absolute Gasteiger partial charge is 0.489 e. The van der Waals surface area contributed by atoms with Gasteiger partial charge in [-0.3, -0.25) is 0 Å². The van der Waals surface area contributed by atoms with Crippen LogP contribution in [0.3, 0.4) is 0 Å². The Hall–Kier alpha value is -2.68. The lowest BCUT2D eigenvalue weighted by atomic mass is 10.1. The van der Waals surface area contributed by atoms with E-state index in [1.54, 1.807) is 24.3 Å². The van der Waals surface area contributed by atoms with Gasteiger partial charge < -0.3 is 4.74 Å². The van der Waals surface area contributed by atoms with Gasteiger partial charge in [-0.1, -0.05) is 42.5 Å². The molecule has 0 unspecified atom stereocenters. The molecule has 3 aromatic carbocycles. The molecule has 0 aliphatic rings. The van der Waals surface area contributed by atoms with Gasteiger partial charge in [-0.05, 0) is 41.0 Å². The van der Waals surface area contributed by atoms with Crippen LogP contribution in [0.4, 0.5) is 8.78 Å². The van der Waals surface area contributed by atoms with Crippen molar-refractivity contribution in [1.82, 2.24) is 0 Å². The summed E-state index contributed by atoms with van der Waals surface area (Å²) in [4.78, 5) is 0. The molecule has 3 rings (SSSR count). The van der Waals surface area contributed by atoms with Crippen LogP contribution in [-0.4, -0.2) is 0 Å². The molecule has 1 radical (unpaired) electrons. The Morgan fingerprint density at radius 2 is 1.41 bits per heavy atom. The van der Waals surface area contributed by atoms with Crippen LogP contribution in [0.5, 0.6) is 5.75 Å². The number of hydrogen-bond acceptors (Lipinski definition) is 1. The second-order valence-corrected chi connectivity index (χ2v) is 4.86. The lowest BCUT2D eigenvalue weighted by molar-refractivity contribution is 0.306. The van der Waals surface area contributed by atoms with E-state index >= 15 is 0 Å². The van der Waals surface area contributed by atoms with Gasteiger partial charge in [-0.25, -0.2) is 8.78 Å². The predicted octanol–water partition coefficient (Wildman–Crippen LogP) is 5.01. The molecule has 0 saturated heterocycles. The van der Waals surface area contributed by atoms with Crippen molar-refractivity contribution in [2.45, 2.75) is 6.61 Å². The molecule has 0 saturated carbocycles. The van der Waals surface area contributed by atoms with Gasteiger partial charge in [0.25, 0.3) is 0 Å². The molecule has 0 aliphatic carbocycles. The number of rotatable bonds is 4. The maximum atomic E-state index is 13.2. The highest BCUT2D eigenvalue weighted by molar-refractivity contribution is 5.64. The zero-order valence-corrected chi connectivity index (χ0v) is 11.7. The summed E-state index contributed by atoms with van der Waals surface area (Å²) in [6.07, 6.45) is 0. The molecule has 22 heavy (non-hydrogen) atoms. The molecule has 109 valence electrons. The minimum absolute atomic E-state index is 0.475. The quantitative estimate of drug-likeness (QED) is 0.657. The standard InChI is InChI=1S/C19H13F2O/c20-17-10-16(11-18(21)12-17)15-6-8-19(9-7-15)22-13-14-4-2-1-3-5-14/h1-11H,13H2. The molecule has 0 bridgehead atoms. The third-order valence-corrected chi connectivity index (χ3v) is 3.24. The molecule has 0 amide bonds. The van der Waals surface area contributed by atoms with Crippen molar-refractivity contribution in [3.63, 3.8) is 0 Å². The van der Waals surface area contributed by atoms with E-state index in [0.29, 0.717) is 17.9 Å². The summed E-state index contributed by atoms with van der Waals surface area (Å²) in [5.41, 5.74) is 2.27. The lowest BCUT2D eigenvalue weighted by Crippen LogP contribution is -1.94. The zero-order valence-electron chi connectivity index (χ0n) is 11.7. The van der Waals surface area contributed by atoms with Crippen LogP contribution in [0.25, 0.3) is 11.1 Å². The first-order valence-corrected chi connectivity index (χ1v) is 6.86. The van der Waals surface area contributed by atoms with Crippen molar-refractivity contribution in [3.05, 3.63) is 90.0 Å². The van der Waals surface area contributed by atoms with Gasteiger partial charge in [-0.15, -0.1) is 0 Å². The number of hydrogen-bond donors (Lipinski definition) is 0. The average molecular weight is 295 g/mol. The Morgan fingerprint density at radius 1 is 0.773 bits per heavy atom. The molecular formula is C19H13F2O. The minimum Gasteiger partial charge on any atom is -0.489 e. The Balaban J connectivity index is 1.72. The Morgan fingerprint density at radius 3 is 2.05 bits per heavy atom. The number of ether oxygens (including phenoxy) is 1. The average Bonchev–Trinajstić information content (AvgIpc) is 2.53.